The Kier molecular flexibility index (Phi) is 3.97. The highest BCUT2D eigenvalue weighted by Crippen LogP contribution is 2.14. The molecule has 1 aromatic rings. The summed E-state index contributed by atoms with van der Waals surface area (Å²) in [6.45, 7) is 1.06. The number of nitrogens with two attached hydrogens (primary N) is 2. The van der Waals surface area contributed by atoms with E-state index in [0.29, 0.717) is 16.8 Å². The minimum atomic E-state index is 0.428. The maximum atomic E-state index is 5.54. The summed E-state index contributed by atoms with van der Waals surface area (Å²) in [4.78, 5) is 9.54. The van der Waals surface area contributed by atoms with E-state index < -0.39 is 0 Å². The van der Waals surface area contributed by atoms with Crippen LogP contribution in [-0.2, 0) is 0 Å². The molecule has 1 aromatic heterocycles. The van der Waals surface area contributed by atoms with Crippen LogP contribution in [0.1, 0.15) is 0 Å². The van der Waals surface area contributed by atoms with E-state index in [-0.39, 0.29) is 0 Å². The van der Waals surface area contributed by atoms with E-state index in [1.165, 1.54) is 4.90 Å². The third-order valence-electron chi connectivity index (χ3n) is 1.58. The first-order valence-corrected chi connectivity index (χ1v) is 5.38. The van der Waals surface area contributed by atoms with Gasteiger partial charge in [-0.2, -0.15) is 0 Å². The van der Waals surface area contributed by atoms with Crippen molar-refractivity contribution in [3.63, 3.8) is 0 Å². The largest absolute Gasteiger partial charge is 0.383 e. The lowest BCUT2D eigenvalue weighted by Gasteiger charge is -2.06. The number of quaternary nitrogens is 1. The summed E-state index contributed by atoms with van der Waals surface area (Å²) >= 11 is 1.57. The van der Waals surface area contributed by atoms with E-state index in [4.69, 9.17) is 11.5 Å². The zero-order valence-corrected chi connectivity index (χ0v) is 9.27. The van der Waals surface area contributed by atoms with Gasteiger partial charge in [-0.3, -0.25) is 0 Å². The van der Waals surface area contributed by atoms with Crippen molar-refractivity contribution in [3.05, 3.63) is 6.07 Å². The zero-order valence-electron chi connectivity index (χ0n) is 8.45. The second kappa shape index (κ2) is 5.02. The van der Waals surface area contributed by atoms with Crippen LogP contribution in [0.5, 0.6) is 0 Å². The van der Waals surface area contributed by atoms with E-state index in [1.54, 1.807) is 17.8 Å². The number of nitrogens with zero attached hydrogens (tertiary/aromatic N) is 2. The Labute approximate surface area is 87.9 Å². The molecule has 0 bridgehead atoms. The van der Waals surface area contributed by atoms with Crippen LogP contribution in [0.2, 0.25) is 0 Å². The maximum absolute atomic E-state index is 5.54. The zero-order chi connectivity index (χ0) is 10.6. The number of rotatable bonds is 4. The molecule has 1 rings (SSSR count). The second-order valence-corrected chi connectivity index (χ2v) is 4.37. The van der Waals surface area contributed by atoms with Crippen molar-refractivity contribution in [2.75, 3.05) is 37.9 Å². The Bertz CT molecular complexity index is 282. The number of nitrogen functional groups attached to an aromatic ring is 2. The van der Waals surface area contributed by atoms with Gasteiger partial charge in [-0.25, -0.2) is 9.97 Å². The minimum Gasteiger partial charge on any atom is -0.383 e. The van der Waals surface area contributed by atoms with Gasteiger partial charge < -0.3 is 16.4 Å². The molecule has 0 spiro atoms. The molecule has 1 heterocycles. The van der Waals surface area contributed by atoms with Gasteiger partial charge in [0, 0.05) is 6.07 Å². The lowest BCUT2D eigenvalue weighted by molar-refractivity contribution is -0.855. The van der Waals surface area contributed by atoms with E-state index in [1.807, 2.05) is 0 Å². The summed E-state index contributed by atoms with van der Waals surface area (Å²) in [5.74, 6) is 1.82. The van der Waals surface area contributed by atoms with Gasteiger partial charge in [-0.05, 0) is 0 Å². The summed E-state index contributed by atoms with van der Waals surface area (Å²) in [6, 6.07) is 1.56. The molecule has 0 saturated carbocycles. The molecule has 0 aliphatic carbocycles. The Balaban J connectivity index is 2.50. The fourth-order valence-electron chi connectivity index (χ4n) is 0.873. The number of aromatic nitrogens is 2. The van der Waals surface area contributed by atoms with Crippen LogP contribution in [0.4, 0.5) is 11.6 Å². The first kappa shape index (κ1) is 11.1. The highest BCUT2D eigenvalue weighted by Gasteiger charge is 2.02. The van der Waals surface area contributed by atoms with Crippen molar-refractivity contribution in [2.24, 2.45) is 0 Å². The molecule has 0 aliphatic heterocycles. The summed E-state index contributed by atoms with van der Waals surface area (Å²) < 4.78 is 0. The van der Waals surface area contributed by atoms with E-state index in [2.05, 4.69) is 24.1 Å². The van der Waals surface area contributed by atoms with Crippen LogP contribution < -0.4 is 16.4 Å². The minimum absolute atomic E-state index is 0.428. The van der Waals surface area contributed by atoms with Gasteiger partial charge in [-0.15, -0.1) is 0 Å². The van der Waals surface area contributed by atoms with Crippen LogP contribution in [0.15, 0.2) is 11.2 Å². The molecule has 14 heavy (non-hydrogen) atoms. The molecule has 0 fully saturated rings. The maximum Gasteiger partial charge on any atom is 0.191 e. The highest BCUT2D eigenvalue weighted by atomic mass is 32.2. The predicted molar refractivity (Wildman–Crippen MR) is 59.3 cm³/mol. The third-order valence-corrected chi connectivity index (χ3v) is 2.43. The Morgan fingerprint density at radius 1 is 1.29 bits per heavy atom. The Morgan fingerprint density at radius 2 is 1.86 bits per heavy atom. The van der Waals surface area contributed by atoms with Crippen molar-refractivity contribution in [1.82, 2.24) is 9.97 Å². The van der Waals surface area contributed by atoms with Gasteiger partial charge in [0.25, 0.3) is 0 Å². The number of nitrogens with one attached hydrogen (secondary N) is 1. The van der Waals surface area contributed by atoms with Crippen molar-refractivity contribution in [3.8, 4) is 0 Å². The van der Waals surface area contributed by atoms with Crippen LogP contribution in [0.25, 0.3) is 0 Å². The SMILES string of the molecule is C[NH+](C)CCSc1nc(N)cc(N)n1. The van der Waals surface area contributed by atoms with Crippen LogP contribution >= 0.6 is 11.8 Å². The van der Waals surface area contributed by atoms with Gasteiger partial charge in [0.1, 0.15) is 11.6 Å². The fraction of sp³-hybridized carbons (Fsp3) is 0.500. The molecule has 5 N–H and O–H groups in total. The smallest absolute Gasteiger partial charge is 0.191 e. The molecule has 0 atom stereocenters. The quantitative estimate of drug-likeness (QED) is 0.437. The molecule has 0 saturated heterocycles. The van der Waals surface area contributed by atoms with Gasteiger partial charge in [0.15, 0.2) is 5.16 Å². The lowest BCUT2D eigenvalue weighted by Crippen LogP contribution is -3.06. The van der Waals surface area contributed by atoms with Crippen molar-refractivity contribution in [2.45, 2.75) is 5.16 Å². The van der Waals surface area contributed by atoms with E-state index in [9.17, 15) is 0 Å². The van der Waals surface area contributed by atoms with Gasteiger partial charge in [0.05, 0.1) is 26.4 Å². The topological polar surface area (TPSA) is 82.3 Å². The molecule has 5 nitrogen and oxygen atoms in total. The summed E-state index contributed by atoms with van der Waals surface area (Å²) in [6.07, 6.45) is 0. The van der Waals surface area contributed by atoms with Crippen molar-refractivity contribution in [1.29, 1.82) is 0 Å². The number of anilines is 2. The Hall–Kier alpha value is -1.01. The number of thioether (sulfide) groups is 1. The van der Waals surface area contributed by atoms with Crippen molar-refractivity contribution >= 4 is 23.4 Å². The summed E-state index contributed by atoms with van der Waals surface area (Å²) in [5.41, 5.74) is 11.1. The fourth-order valence-corrected chi connectivity index (χ4v) is 1.91. The lowest BCUT2D eigenvalue weighted by atomic mass is 10.5. The third kappa shape index (κ3) is 3.80. The van der Waals surface area contributed by atoms with E-state index >= 15 is 0 Å². The average Bonchev–Trinajstić information content (AvgIpc) is 2.01. The molecule has 0 radical (unpaired) electrons. The molecular weight excluding hydrogens is 198 g/mol. The van der Waals surface area contributed by atoms with Crippen LogP contribution in [0, 0.1) is 0 Å². The van der Waals surface area contributed by atoms with Crippen molar-refractivity contribution < 1.29 is 4.90 Å². The van der Waals surface area contributed by atoms with Gasteiger partial charge >= 0.3 is 0 Å². The van der Waals surface area contributed by atoms with Crippen LogP contribution in [0.3, 0.4) is 0 Å². The second-order valence-electron chi connectivity index (χ2n) is 3.31. The normalized spacial score (nSPS) is 10.8. The monoisotopic (exact) mass is 214 g/mol. The molecule has 0 unspecified atom stereocenters. The van der Waals surface area contributed by atoms with Crippen LogP contribution in [-0.4, -0.2) is 36.4 Å². The Morgan fingerprint density at radius 3 is 2.36 bits per heavy atom. The summed E-state index contributed by atoms with van der Waals surface area (Å²) in [7, 11) is 4.21. The molecule has 0 amide bonds. The molecular formula is C8H16N5S+. The molecule has 0 aliphatic rings. The molecule has 0 aromatic carbocycles. The standard InChI is InChI=1S/C8H15N5S/c1-13(2)3-4-14-8-11-6(9)5-7(10)12-8/h5H,3-4H2,1-2H3,(H4,9,10,11,12)/p+1. The predicted octanol–water partition coefficient (Wildman–Crippen LogP) is -1.12. The first-order chi connectivity index (χ1) is 6.58. The molecule has 78 valence electrons. The molecule has 6 heteroatoms. The summed E-state index contributed by atoms with van der Waals surface area (Å²) in [5, 5.41) is 0.656. The number of hydrogen-bond donors (Lipinski definition) is 3. The van der Waals surface area contributed by atoms with E-state index in [0.717, 1.165) is 12.3 Å². The van der Waals surface area contributed by atoms with Gasteiger partial charge in [0.2, 0.25) is 0 Å². The number of hydrogen-bond acceptors (Lipinski definition) is 5. The first-order valence-electron chi connectivity index (χ1n) is 4.40. The average molecular weight is 214 g/mol. The highest BCUT2D eigenvalue weighted by molar-refractivity contribution is 7.99. The van der Waals surface area contributed by atoms with Gasteiger partial charge in [-0.1, -0.05) is 11.8 Å².